The van der Waals surface area contributed by atoms with Crippen molar-refractivity contribution in [1.29, 1.82) is 5.26 Å². The molecule has 158 valence electrons. The number of esters is 1. The molecule has 9 nitrogen and oxygen atoms in total. The highest BCUT2D eigenvalue weighted by atomic mass is 16.5. The maximum atomic E-state index is 12.7. The number of ether oxygens (including phenoxy) is 1. The van der Waals surface area contributed by atoms with Crippen LogP contribution in [0.15, 0.2) is 0 Å². The van der Waals surface area contributed by atoms with E-state index in [1.807, 2.05) is 0 Å². The number of likely N-dealkylation sites (N-methyl/N-ethyl adjacent to an activating group) is 1. The van der Waals surface area contributed by atoms with Crippen LogP contribution < -0.4 is 5.32 Å². The lowest BCUT2D eigenvalue weighted by Gasteiger charge is -2.39. The smallest absolute Gasteiger partial charge is 0.327 e. The number of hydrogen-bond donors (Lipinski definition) is 1. The van der Waals surface area contributed by atoms with E-state index in [1.54, 1.807) is 7.05 Å². The highest BCUT2D eigenvalue weighted by molar-refractivity contribution is 6.08. The maximum Gasteiger partial charge on any atom is 0.327 e. The van der Waals surface area contributed by atoms with Crippen LogP contribution in [0, 0.1) is 11.3 Å². The van der Waals surface area contributed by atoms with Crippen molar-refractivity contribution < 1.29 is 23.9 Å². The van der Waals surface area contributed by atoms with Crippen molar-refractivity contribution in [3.8, 4) is 6.07 Å². The van der Waals surface area contributed by atoms with E-state index >= 15 is 0 Å². The summed E-state index contributed by atoms with van der Waals surface area (Å²) in [6.45, 7) is 0.909. The van der Waals surface area contributed by atoms with Crippen molar-refractivity contribution in [2.75, 3.05) is 13.6 Å². The van der Waals surface area contributed by atoms with Crippen LogP contribution in [-0.2, 0) is 19.1 Å². The summed E-state index contributed by atoms with van der Waals surface area (Å²) in [6, 6.07) is 1.66. The molecule has 0 aromatic carbocycles. The zero-order valence-corrected chi connectivity index (χ0v) is 17.0. The normalized spacial score (nSPS) is 23.4. The molecule has 0 bridgehead atoms. The third-order valence-corrected chi connectivity index (χ3v) is 6.51. The van der Waals surface area contributed by atoms with Gasteiger partial charge in [-0.05, 0) is 32.6 Å². The molecule has 9 heteroatoms. The summed E-state index contributed by atoms with van der Waals surface area (Å²) in [5, 5.41) is 12.3. The fourth-order valence-corrected chi connectivity index (χ4v) is 4.69. The van der Waals surface area contributed by atoms with Gasteiger partial charge < -0.3 is 15.0 Å². The summed E-state index contributed by atoms with van der Waals surface area (Å²) < 4.78 is 5.21. The van der Waals surface area contributed by atoms with E-state index in [0.29, 0.717) is 25.7 Å². The third-order valence-electron chi connectivity index (χ3n) is 6.51. The van der Waals surface area contributed by atoms with Gasteiger partial charge in [-0.25, -0.2) is 4.79 Å². The van der Waals surface area contributed by atoms with Gasteiger partial charge >= 0.3 is 12.0 Å². The predicted molar refractivity (Wildman–Crippen MR) is 101 cm³/mol. The van der Waals surface area contributed by atoms with Crippen LogP contribution in [0.25, 0.3) is 0 Å². The molecule has 4 amide bonds. The SMILES string of the molecule is C[C@H](OC(=O)CN1C(=O)NC2(CCCC2)C1=O)C(=O)N(C)C1(C#N)CCCCC1. The van der Waals surface area contributed by atoms with Gasteiger partial charge in [-0.1, -0.05) is 32.1 Å². The van der Waals surface area contributed by atoms with Gasteiger partial charge in [0.25, 0.3) is 11.8 Å². The van der Waals surface area contributed by atoms with E-state index in [-0.39, 0.29) is 0 Å². The van der Waals surface area contributed by atoms with Crippen molar-refractivity contribution in [2.45, 2.75) is 81.9 Å². The average Bonchev–Trinajstić information content (AvgIpc) is 3.28. The Balaban J connectivity index is 1.59. The number of hydrogen-bond acceptors (Lipinski definition) is 6. The molecule has 3 aliphatic rings. The summed E-state index contributed by atoms with van der Waals surface area (Å²) in [7, 11) is 1.56. The zero-order chi connectivity index (χ0) is 21.2. The summed E-state index contributed by atoms with van der Waals surface area (Å²) in [6.07, 6.45) is 5.68. The van der Waals surface area contributed by atoms with E-state index in [0.717, 1.165) is 37.0 Å². The van der Waals surface area contributed by atoms with Gasteiger partial charge in [0.2, 0.25) is 0 Å². The molecule has 29 heavy (non-hydrogen) atoms. The lowest BCUT2D eigenvalue weighted by atomic mass is 9.81. The molecule has 0 aromatic rings. The topological polar surface area (TPSA) is 120 Å². The first kappa shape index (κ1) is 21.1. The number of carbonyl (C=O) groups is 4. The fraction of sp³-hybridized carbons (Fsp3) is 0.750. The summed E-state index contributed by atoms with van der Waals surface area (Å²) in [5.74, 6) is -1.70. The molecule has 0 unspecified atom stereocenters. The number of imide groups is 1. The quantitative estimate of drug-likeness (QED) is 0.547. The fourth-order valence-electron chi connectivity index (χ4n) is 4.69. The lowest BCUT2D eigenvalue weighted by Crippen LogP contribution is -2.53. The van der Waals surface area contributed by atoms with Gasteiger partial charge in [-0.2, -0.15) is 5.26 Å². The van der Waals surface area contributed by atoms with Gasteiger partial charge in [0, 0.05) is 7.05 Å². The molecule has 1 atom stereocenters. The number of rotatable bonds is 5. The number of nitrogens with one attached hydrogen (secondary N) is 1. The largest absolute Gasteiger partial charge is 0.451 e. The van der Waals surface area contributed by atoms with Crippen molar-refractivity contribution in [3.05, 3.63) is 0 Å². The van der Waals surface area contributed by atoms with Crippen LogP contribution in [0.1, 0.15) is 64.7 Å². The van der Waals surface area contributed by atoms with Gasteiger partial charge in [-0.15, -0.1) is 0 Å². The maximum absolute atomic E-state index is 12.7. The Morgan fingerprint density at radius 3 is 2.34 bits per heavy atom. The average molecular weight is 404 g/mol. The first-order chi connectivity index (χ1) is 13.7. The predicted octanol–water partition coefficient (Wildman–Crippen LogP) is 1.47. The highest BCUT2D eigenvalue weighted by Crippen LogP contribution is 2.35. The van der Waals surface area contributed by atoms with Crippen LogP contribution in [-0.4, -0.2) is 64.4 Å². The molecule has 0 radical (unpaired) electrons. The van der Waals surface area contributed by atoms with Crippen LogP contribution in [0.5, 0.6) is 0 Å². The molecule has 3 fully saturated rings. The number of amides is 4. The first-order valence-corrected chi connectivity index (χ1v) is 10.3. The summed E-state index contributed by atoms with van der Waals surface area (Å²) in [5.41, 5.74) is -1.77. The molecular weight excluding hydrogens is 376 g/mol. The molecule has 1 heterocycles. The van der Waals surface area contributed by atoms with Crippen LogP contribution >= 0.6 is 0 Å². The zero-order valence-electron chi connectivity index (χ0n) is 17.0. The standard InChI is InChI=1S/C20H28N4O5/c1-14(16(26)23(2)19(13-21)8-4-3-5-9-19)29-15(25)12-24-17(27)20(22-18(24)28)10-6-7-11-20/h14H,3-12H2,1-2H3,(H,22,28)/t14-/m0/s1. The van der Waals surface area contributed by atoms with Crippen molar-refractivity contribution in [2.24, 2.45) is 0 Å². The Morgan fingerprint density at radius 2 is 1.76 bits per heavy atom. The molecule has 3 rings (SSSR count). The van der Waals surface area contributed by atoms with Gasteiger partial charge in [0.15, 0.2) is 6.10 Å². The van der Waals surface area contributed by atoms with Gasteiger partial charge in [-0.3, -0.25) is 19.3 Å². The molecule has 1 aliphatic heterocycles. The molecule has 2 saturated carbocycles. The van der Waals surface area contributed by atoms with Crippen LogP contribution in [0.4, 0.5) is 4.79 Å². The Morgan fingerprint density at radius 1 is 1.17 bits per heavy atom. The second-order valence-electron chi connectivity index (χ2n) is 8.34. The van der Waals surface area contributed by atoms with Crippen LogP contribution in [0.3, 0.4) is 0 Å². The number of nitrogens with zero attached hydrogens (tertiary/aromatic N) is 3. The van der Waals surface area contributed by atoms with E-state index in [9.17, 15) is 24.4 Å². The molecule has 0 aromatic heterocycles. The van der Waals surface area contributed by atoms with E-state index < -0.39 is 47.5 Å². The minimum absolute atomic E-state index is 0.404. The second-order valence-corrected chi connectivity index (χ2v) is 8.34. The van der Waals surface area contributed by atoms with Crippen molar-refractivity contribution in [3.63, 3.8) is 0 Å². The van der Waals surface area contributed by atoms with Crippen LogP contribution in [0.2, 0.25) is 0 Å². The number of nitriles is 1. The lowest BCUT2D eigenvalue weighted by molar-refractivity contribution is -0.162. The van der Waals surface area contributed by atoms with Gasteiger partial charge in [0.1, 0.15) is 17.6 Å². The van der Waals surface area contributed by atoms with E-state index in [1.165, 1.54) is 11.8 Å². The van der Waals surface area contributed by atoms with E-state index in [4.69, 9.17) is 4.74 Å². The monoisotopic (exact) mass is 404 g/mol. The Bertz CT molecular complexity index is 746. The number of urea groups is 1. The molecule has 1 saturated heterocycles. The molecular formula is C20H28N4O5. The van der Waals surface area contributed by atoms with Crippen molar-refractivity contribution >= 4 is 23.8 Å². The molecule has 1 N–H and O–H groups in total. The molecule has 1 spiro atoms. The van der Waals surface area contributed by atoms with Gasteiger partial charge in [0.05, 0.1) is 6.07 Å². The second kappa shape index (κ2) is 8.01. The minimum Gasteiger partial charge on any atom is -0.451 e. The Labute approximate surface area is 170 Å². The van der Waals surface area contributed by atoms with E-state index in [2.05, 4.69) is 11.4 Å². The molecule has 2 aliphatic carbocycles. The van der Waals surface area contributed by atoms with Crippen molar-refractivity contribution in [1.82, 2.24) is 15.1 Å². The highest BCUT2D eigenvalue weighted by Gasteiger charge is 2.53. The third kappa shape index (κ3) is 3.80. The first-order valence-electron chi connectivity index (χ1n) is 10.3. The summed E-state index contributed by atoms with van der Waals surface area (Å²) >= 11 is 0. The number of carbonyl (C=O) groups excluding carboxylic acids is 4. The summed E-state index contributed by atoms with van der Waals surface area (Å²) in [4.78, 5) is 52.1. The Hall–Kier alpha value is -2.63. The minimum atomic E-state index is -1.11. The Kier molecular flexibility index (Phi) is 5.82.